The molecule has 0 heterocycles. The molecule has 0 saturated heterocycles. The quantitative estimate of drug-likeness (QED) is 0.393. The van der Waals surface area contributed by atoms with Gasteiger partial charge in [-0.2, -0.15) is 0 Å². The van der Waals surface area contributed by atoms with E-state index >= 15 is 0 Å². The van der Waals surface area contributed by atoms with Crippen molar-refractivity contribution in [3.05, 3.63) is 53.6 Å². The average Bonchev–Trinajstić information content (AvgIpc) is 2.59. The van der Waals surface area contributed by atoms with Gasteiger partial charge < -0.3 is 31.5 Å². The second-order valence-electron chi connectivity index (χ2n) is 5.90. The molecule has 0 radical (unpaired) electrons. The number of nitrogens with one attached hydrogen (secondary N) is 1. The minimum absolute atomic E-state index is 0.0825. The lowest BCUT2D eigenvalue weighted by atomic mass is 10.0. The van der Waals surface area contributed by atoms with Crippen LogP contribution in [0.2, 0.25) is 0 Å². The van der Waals surface area contributed by atoms with Crippen LogP contribution < -0.4 is 11.1 Å². The van der Waals surface area contributed by atoms with Gasteiger partial charge in [0.25, 0.3) is 0 Å². The Morgan fingerprint density at radius 2 is 1.54 bits per heavy atom. The lowest BCUT2D eigenvalue weighted by Crippen LogP contribution is -2.50. The van der Waals surface area contributed by atoms with Gasteiger partial charge in [-0.25, -0.2) is 4.79 Å². The van der Waals surface area contributed by atoms with Gasteiger partial charge in [-0.1, -0.05) is 18.2 Å². The van der Waals surface area contributed by atoms with Crippen molar-refractivity contribution in [3.63, 3.8) is 0 Å². The maximum Gasteiger partial charge on any atom is 0.326 e. The monoisotopic (exact) mass is 360 g/mol. The normalized spacial score (nSPS) is 13.0. The third-order valence-electron chi connectivity index (χ3n) is 3.82. The zero-order valence-electron chi connectivity index (χ0n) is 13.8. The van der Waals surface area contributed by atoms with Crippen molar-refractivity contribution >= 4 is 11.9 Å². The molecule has 0 spiro atoms. The molecule has 0 aliphatic rings. The lowest BCUT2D eigenvalue weighted by molar-refractivity contribution is -0.141. The lowest BCUT2D eigenvalue weighted by Gasteiger charge is -2.18. The van der Waals surface area contributed by atoms with Crippen molar-refractivity contribution in [2.24, 2.45) is 5.73 Å². The van der Waals surface area contributed by atoms with Crippen molar-refractivity contribution in [1.82, 2.24) is 5.32 Å². The molecular formula is C18H20N2O6. The molecule has 0 aliphatic carbocycles. The number of rotatable bonds is 7. The van der Waals surface area contributed by atoms with Crippen LogP contribution >= 0.6 is 0 Å². The Morgan fingerprint density at radius 3 is 2.12 bits per heavy atom. The number of carboxylic acids is 1. The second kappa shape index (κ2) is 8.21. The Bertz CT molecular complexity index is 791. The van der Waals surface area contributed by atoms with Crippen LogP contribution in [0.25, 0.3) is 0 Å². The van der Waals surface area contributed by atoms with E-state index in [2.05, 4.69) is 5.32 Å². The molecule has 0 aromatic heterocycles. The SMILES string of the molecule is N[C@@H](Cc1ccc(O)cc1)C(=O)NC(Cc1ccc(O)c(O)c1)C(=O)O. The standard InChI is InChI=1S/C18H20N2O6/c19-13(7-10-1-4-12(21)5-2-10)17(24)20-14(18(25)26)8-11-3-6-15(22)16(23)9-11/h1-6,9,13-14,21-23H,7-8,19H2,(H,20,24)(H,25,26)/t13-,14?/m0/s1. The number of carboxylic acid groups (broad SMARTS) is 1. The molecule has 1 amide bonds. The van der Waals surface area contributed by atoms with Crippen molar-refractivity contribution < 1.29 is 30.0 Å². The summed E-state index contributed by atoms with van der Waals surface area (Å²) < 4.78 is 0. The van der Waals surface area contributed by atoms with E-state index in [1.54, 1.807) is 12.1 Å². The van der Waals surface area contributed by atoms with Crippen LogP contribution in [0.5, 0.6) is 17.2 Å². The zero-order chi connectivity index (χ0) is 19.3. The molecule has 2 rings (SSSR count). The van der Waals surface area contributed by atoms with Gasteiger partial charge in [-0.3, -0.25) is 4.79 Å². The molecule has 26 heavy (non-hydrogen) atoms. The highest BCUT2D eigenvalue weighted by atomic mass is 16.4. The fraction of sp³-hybridized carbons (Fsp3) is 0.222. The van der Waals surface area contributed by atoms with E-state index in [0.717, 1.165) is 5.56 Å². The molecule has 2 aromatic carbocycles. The minimum Gasteiger partial charge on any atom is -0.508 e. The van der Waals surface area contributed by atoms with E-state index in [1.807, 2.05) is 0 Å². The van der Waals surface area contributed by atoms with Gasteiger partial charge in [0, 0.05) is 6.42 Å². The number of phenols is 3. The molecule has 0 aliphatic heterocycles. The number of aromatic hydroxyl groups is 3. The van der Waals surface area contributed by atoms with Gasteiger partial charge in [0.1, 0.15) is 11.8 Å². The van der Waals surface area contributed by atoms with Gasteiger partial charge >= 0.3 is 5.97 Å². The summed E-state index contributed by atoms with van der Waals surface area (Å²) in [6, 6.07) is 7.90. The van der Waals surface area contributed by atoms with Crippen molar-refractivity contribution in [2.45, 2.75) is 24.9 Å². The zero-order valence-corrected chi connectivity index (χ0v) is 13.8. The molecule has 0 bridgehead atoms. The minimum atomic E-state index is -1.25. The summed E-state index contributed by atoms with van der Waals surface area (Å²) in [5.41, 5.74) is 6.99. The molecule has 1 unspecified atom stereocenters. The Labute approximate surface area is 149 Å². The maximum absolute atomic E-state index is 12.2. The van der Waals surface area contributed by atoms with Gasteiger partial charge in [0.15, 0.2) is 11.5 Å². The number of carbonyl (C=O) groups is 2. The molecule has 0 saturated carbocycles. The number of carbonyl (C=O) groups excluding carboxylic acids is 1. The first-order valence-corrected chi connectivity index (χ1v) is 7.84. The topological polar surface area (TPSA) is 153 Å². The third kappa shape index (κ3) is 5.12. The molecule has 138 valence electrons. The van der Waals surface area contributed by atoms with Gasteiger partial charge in [-0.05, 0) is 41.8 Å². The van der Waals surface area contributed by atoms with Crippen LogP contribution in [-0.4, -0.2) is 44.4 Å². The van der Waals surface area contributed by atoms with Crippen LogP contribution in [0.3, 0.4) is 0 Å². The summed E-state index contributed by atoms with van der Waals surface area (Å²) in [7, 11) is 0. The van der Waals surface area contributed by atoms with E-state index in [0.29, 0.717) is 5.56 Å². The van der Waals surface area contributed by atoms with Crippen LogP contribution in [0.4, 0.5) is 0 Å². The number of hydrogen-bond donors (Lipinski definition) is 6. The maximum atomic E-state index is 12.2. The highest BCUT2D eigenvalue weighted by Crippen LogP contribution is 2.25. The predicted molar refractivity (Wildman–Crippen MR) is 92.8 cm³/mol. The summed E-state index contributed by atoms with van der Waals surface area (Å²) >= 11 is 0. The number of aliphatic carboxylic acids is 1. The van der Waals surface area contributed by atoms with E-state index in [1.165, 1.54) is 30.3 Å². The van der Waals surface area contributed by atoms with Crippen LogP contribution in [0.1, 0.15) is 11.1 Å². The van der Waals surface area contributed by atoms with Gasteiger partial charge in [0.2, 0.25) is 5.91 Å². The fourth-order valence-corrected chi connectivity index (χ4v) is 2.39. The average molecular weight is 360 g/mol. The molecule has 8 nitrogen and oxygen atoms in total. The number of amides is 1. The van der Waals surface area contributed by atoms with Crippen LogP contribution in [0, 0.1) is 0 Å². The molecule has 2 atom stereocenters. The summed E-state index contributed by atoms with van der Waals surface area (Å²) in [6.07, 6.45) is 0.0965. The van der Waals surface area contributed by atoms with Crippen molar-refractivity contribution in [2.75, 3.05) is 0 Å². The number of phenolic OH excluding ortho intramolecular Hbond substituents is 3. The molecule has 8 heteroatoms. The smallest absolute Gasteiger partial charge is 0.326 e. The number of benzene rings is 2. The molecule has 0 fully saturated rings. The van der Waals surface area contributed by atoms with E-state index < -0.39 is 24.0 Å². The van der Waals surface area contributed by atoms with Crippen LogP contribution in [0.15, 0.2) is 42.5 Å². The first kappa shape index (κ1) is 19.1. The van der Waals surface area contributed by atoms with Gasteiger partial charge in [0.05, 0.1) is 6.04 Å². The summed E-state index contributed by atoms with van der Waals surface area (Å²) in [5, 5.41) is 39.7. The third-order valence-corrected chi connectivity index (χ3v) is 3.82. The van der Waals surface area contributed by atoms with Crippen molar-refractivity contribution in [1.29, 1.82) is 0 Å². The summed E-state index contributed by atoms with van der Waals surface area (Å²) in [4.78, 5) is 23.6. The van der Waals surface area contributed by atoms with E-state index in [9.17, 15) is 30.0 Å². The highest BCUT2D eigenvalue weighted by Gasteiger charge is 2.24. The van der Waals surface area contributed by atoms with Gasteiger partial charge in [-0.15, -0.1) is 0 Å². The Hall–Kier alpha value is -3.26. The van der Waals surface area contributed by atoms with Crippen molar-refractivity contribution in [3.8, 4) is 17.2 Å². The number of nitrogens with two attached hydrogens (primary N) is 1. The Morgan fingerprint density at radius 1 is 0.923 bits per heavy atom. The molecule has 2 aromatic rings. The van der Waals surface area contributed by atoms with E-state index in [-0.39, 0.29) is 30.1 Å². The second-order valence-corrected chi connectivity index (χ2v) is 5.90. The molecule has 7 N–H and O–H groups in total. The first-order valence-electron chi connectivity index (χ1n) is 7.84. The Kier molecular flexibility index (Phi) is 6.03. The summed E-state index contributed by atoms with van der Waals surface area (Å²) in [6.45, 7) is 0. The first-order chi connectivity index (χ1) is 12.3. The van der Waals surface area contributed by atoms with Crippen LogP contribution in [-0.2, 0) is 22.4 Å². The highest BCUT2D eigenvalue weighted by molar-refractivity contribution is 5.87. The number of hydrogen-bond acceptors (Lipinski definition) is 6. The predicted octanol–water partition coefficient (Wildman–Crippen LogP) is 0.485. The fourth-order valence-electron chi connectivity index (χ4n) is 2.39. The Balaban J connectivity index is 2.01. The summed E-state index contributed by atoms with van der Waals surface area (Å²) in [5.74, 6) is -2.48. The van der Waals surface area contributed by atoms with E-state index in [4.69, 9.17) is 5.73 Å². The molecular weight excluding hydrogens is 340 g/mol. The largest absolute Gasteiger partial charge is 0.508 e.